The Kier molecular flexibility index (Phi) is 6.76. The van der Waals surface area contributed by atoms with Gasteiger partial charge in [0.05, 0.1) is 46.7 Å². The van der Waals surface area contributed by atoms with Crippen molar-refractivity contribution in [1.82, 2.24) is 10.1 Å². The highest BCUT2D eigenvalue weighted by atomic mass is 16.5. The molecule has 3 aromatic rings. The molecule has 0 saturated carbocycles. The topological polar surface area (TPSA) is 105 Å². The van der Waals surface area contributed by atoms with Crippen molar-refractivity contribution in [2.24, 2.45) is 0 Å². The van der Waals surface area contributed by atoms with Crippen molar-refractivity contribution >= 4 is 11.6 Å². The van der Waals surface area contributed by atoms with E-state index >= 15 is 0 Å². The molecule has 1 aromatic heterocycles. The van der Waals surface area contributed by atoms with Gasteiger partial charge in [0.2, 0.25) is 23.4 Å². The highest BCUT2D eigenvalue weighted by Crippen LogP contribution is 2.43. The van der Waals surface area contributed by atoms with E-state index in [1.54, 1.807) is 36.3 Å². The lowest BCUT2D eigenvalue weighted by molar-refractivity contribution is -0.117. The SMILES string of the molecule is CCOc1ccc(-c2noc(C3CC(=O)N(c4cc(OC)c(OC)c(OC)c4)C3)n2)cc1OC. The number of rotatable bonds is 9. The van der Waals surface area contributed by atoms with Gasteiger partial charge in [-0.15, -0.1) is 0 Å². The van der Waals surface area contributed by atoms with Gasteiger partial charge in [0.1, 0.15) is 0 Å². The number of methoxy groups -OCH3 is 4. The summed E-state index contributed by atoms with van der Waals surface area (Å²) in [5.41, 5.74) is 1.36. The van der Waals surface area contributed by atoms with E-state index in [-0.39, 0.29) is 18.2 Å². The zero-order valence-electron chi connectivity index (χ0n) is 19.8. The second-order valence-electron chi connectivity index (χ2n) is 7.54. The van der Waals surface area contributed by atoms with Crippen LogP contribution in [0.3, 0.4) is 0 Å². The summed E-state index contributed by atoms with van der Waals surface area (Å²) in [6, 6.07) is 8.92. The van der Waals surface area contributed by atoms with Crippen LogP contribution in [-0.2, 0) is 4.79 Å². The molecule has 0 spiro atoms. The van der Waals surface area contributed by atoms with Crippen LogP contribution in [-0.4, -0.2) is 57.6 Å². The molecule has 1 amide bonds. The second-order valence-corrected chi connectivity index (χ2v) is 7.54. The third kappa shape index (κ3) is 4.30. The molecule has 1 unspecified atom stereocenters. The summed E-state index contributed by atoms with van der Waals surface area (Å²) in [5, 5.41) is 4.11. The van der Waals surface area contributed by atoms with Crippen molar-refractivity contribution in [1.29, 1.82) is 0 Å². The summed E-state index contributed by atoms with van der Waals surface area (Å²) >= 11 is 0. The molecule has 34 heavy (non-hydrogen) atoms. The first kappa shape index (κ1) is 23.2. The highest BCUT2D eigenvalue weighted by Gasteiger charge is 2.36. The van der Waals surface area contributed by atoms with Crippen LogP contribution >= 0.6 is 0 Å². The van der Waals surface area contributed by atoms with Crippen molar-refractivity contribution in [3.63, 3.8) is 0 Å². The smallest absolute Gasteiger partial charge is 0.232 e. The van der Waals surface area contributed by atoms with E-state index in [0.717, 1.165) is 5.56 Å². The van der Waals surface area contributed by atoms with Crippen LogP contribution in [0.15, 0.2) is 34.9 Å². The lowest BCUT2D eigenvalue weighted by atomic mass is 10.1. The first-order valence-corrected chi connectivity index (χ1v) is 10.8. The largest absolute Gasteiger partial charge is 0.493 e. The summed E-state index contributed by atoms with van der Waals surface area (Å²) in [4.78, 5) is 19.1. The Balaban J connectivity index is 1.57. The zero-order chi connectivity index (χ0) is 24.2. The van der Waals surface area contributed by atoms with Gasteiger partial charge >= 0.3 is 0 Å². The first-order valence-electron chi connectivity index (χ1n) is 10.8. The molecule has 2 aromatic carbocycles. The number of amides is 1. The van der Waals surface area contributed by atoms with Crippen LogP contribution in [0.1, 0.15) is 25.2 Å². The molecule has 0 bridgehead atoms. The van der Waals surface area contributed by atoms with Gasteiger partial charge in [-0.25, -0.2) is 0 Å². The van der Waals surface area contributed by atoms with Crippen molar-refractivity contribution in [2.45, 2.75) is 19.3 Å². The van der Waals surface area contributed by atoms with Crippen LogP contribution in [0.2, 0.25) is 0 Å². The molecule has 180 valence electrons. The Morgan fingerprint density at radius 1 is 0.971 bits per heavy atom. The van der Waals surface area contributed by atoms with Crippen LogP contribution in [0.4, 0.5) is 5.69 Å². The third-order valence-corrected chi connectivity index (χ3v) is 5.60. The standard InChI is InChI=1S/C24H27N3O7/c1-6-33-17-8-7-14(9-18(17)29-2)23-25-24(34-26-23)15-10-21(28)27(13-15)16-11-19(30-3)22(32-5)20(12-16)31-4/h7-9,11-12,15H,6,10,13H2,1-5H3. The van der Waals surface area contributed by atoms with E-state index in [1.807, 2.05) is 13.0 Å². The second kappa shape index (κ2) is 9.90. The number of carbonyl (C=O) groups is 1. The summed E-state index contributed by atoms with van der Waals surface area (Å²) in [7, 11) is 6.17. The molecule has 1 saturated heterocycles. The first-order chi connectivity index (χ1) is 16.5. The maximum absolute atomic E-state index is 12.9. The van der Waals surface area contributed by atoms with E-state index in [4.69, 9.17) is 28.2 Å². The van der Waals surface area contributed by atoms with Gasteiger partial charge in [-0.2, -0.15) is 4.98 Å². The molecule has 1 fully saturated rings. The van der Waals surface area contributed by atoms with Crippen molar-refractivity contribution in [3.8, 4) is 40.1 Å². The number of nitrogens with zero attached hydrogens (tertiary/aromatic N) is 3. The average molecular weight is 469 g/mol. The van der Waals surface area contributed by atoms with Crippen LogP contribution < -0.4 is 28.6 Å². The predicted octanol–water partition coefficient (Wildman–Crippen LogP) is 3.69. The minimum atomic E-state index is -0.252. The Labute approximate surface area is 197 Å². The van der Waals surface area contributed by atoms with Crippen molar-refractivity contribution < 1.29 is 33.0 Å². The van der Waals surface area contributed by atoms with Gasteiger partial charge in [-0.05, 0) is 25.1 Å². The van der Waals surface area contributed by atoms with E-state index in [0.29, 0.717) is 59.3 Å². The van der Waals surface area contributed by atoms with Crippen molar-refractivity contribution in [2.75, 3.05) is 46.5 Å². The highest BCUT2D eigenvalue weighted by molar-refractivity contribution is 5.97. The normalized spacial score (nSPS) is 15.4. The minimum absolute atomic E-state index is 0.0678. The summed E-state index contributed by atoms with van der Waals surface area (Å²) in [6.45, 7) is 2.81. The lowest BCUT2D eigenvalue weighted by Gasteiger charge is -2.20. The maximum Gasteiger partial charge on any atom is 0.232 e. The molecule has 10 nitrogen and oxygen atoms in total. The van der Waals surface area contributed by atoms with Crippen LogP contribution in [0.25, 0.3) is 11.4 Å². The molecule has 0 radical (unpaired) electrons. The lowest BCUT2D eigenvalue weighted by Crippen LogP contribution is -2.24. The number of hydrogen-bond acceptors (Lipinski definition) is 9. The molecule has 10 heteroatoms. The number of benzene rings is 2. The fourth-order valence-electron chi connectivity index (χ4n) is 3.95. The number of carbonyl (C=O) groups excluding carboxylic acids is 1. The zero-order valence-corrected chi connectivity index (χ0v) is 19.8. The quantitative estimate of drug-likeness (QED) is 0.464. The number of aromatic nitrogens is 2. The predicted molar refractivity (Wildman–Crippen MR) is 123 cm³/mol. The van der Waals surface area contributed by atoms with Crippen LogP contribution in [0, 0.1) is 0 Å². The summed E-state index contributed by atoms with van der Waals surface area (Å²) in [6.07, 6.45) is 0.241. The molecular formula is C24H27N3O7. The van der Waals surface area contributed by atoms with Gasteiger partial charge in [0, 0.05) is 30.7 Å². The molecule has 1 aliphatic heterocycles. The number of hydrogen-bond donors (Lipinski definition) is 0. The Morgan fingerprint density at radius 2 is 1.68 bits per heavy atom. The molecule has 2 heterocycles. The van der Waals surface area contributed by atoms with Gasteiger partial charge in [0.25, 0.3) is 0 Å². The van der Waals surface area contributed by atoms with E-state index in [9.17, 15) is 4.79 Å². The molecule has 4 rings (SSSR count). The van der Waals surface area contributed by atoms with E-state index in [2.05, 4.69) is 10.1 Å². The maximum atomic E-state index is 12.9. The van der Waals surface area contributed by atoms with Gasteiger partial charge < -0.3 is 33.1 Å². The Bertz CT molecular complexity index is 1150. The molecule has 0 aliphatic carbocycles. The van der Waals surface area contributed by atoms with E-state index in [1.165, 1.54) is 21.3 Å². The average Bonchev–Trinajstić information content (AvgIpc) is 3.50. The number of ether oxygens (including phenoxy) is 5. The Morgan fingerprint density at radius 3 is 2.29 bits per heavy atom. The van der Waals surface area contributed by atoms with Crippen molar-refractivity contribution in [3.05, 3.63) is 36.2 Å². The summed E-state index contributed by atoms with van der Waals surface area (Å²) in [5.74, 6) is 3.11. The molecule has 1 atom stereocenters. The monoisotopic (exact) mass is 469 g/mol. The molecule has 0 N–H and O–H groups in total. The number of anilines is 1. The summed E-state index contributed by atoms with van der Waals surface area (Å²) < 4.78 is 32.7. The minimum Gasteiger partial charge on any atom is -0.493 e. The fraction of sp³-hybridized carbons (Fsp3) is 0.375. The molecular weight excluding hydrogens is 442 g/mol. The van der Waals surface area contributed by atoms with Gasteiger partial charge in [0.15, 0.2) is 23.0 Å². The Hall–Kier alpha value is -3.95. The van der Waals surface area contributed by atoms with Gasteiger partial charge in [-0.3, -0.25) is 4.79 Å². The van der Waals surface area contributed by atoms with Crippen LogP contribution in [0.5, 0.6) is 28.7 Å². The van der Waals surface area contributed by atoms with Gasteiger partial charge in [-0.1, -0.05) is 5.16 Å². The third-order valence-electron chi connectivity index (χ3n) is 5.60. The van der Waals surface area contributed by atoms with E-state index < -0.39 is 0 Å². The fourth-order valence-corrected chi connectivity index (χ4v) is 3.95. The molecule has 1 aliphatic rings.